The van der Waals surface area contributed by atoms with Crippen molar-refractivity contribution in [1.82, 2.24) is 4.90 Å². The molecular weight excluding hydrogens is 408 g/mol. The number of benzene rings is 1. The summed E-state index contributed by atoms with van der Waals surface area (Å²) in [6.45, 7) is 0.252. The number of alkyl halides is 2. The summed E-state index contributed by atoms with van der Waals surface area (Å²) in [5.74, 6) is -7.91. The molecule has 0 unspecified atom stereocenters. The van der Waals surface area contributed by atoms with Gasteiger partial charge < -0.3 is 10.2 Å². The molecule has 1 aromatic carbocycles. The quantitative estimate of drug-likeness (QED) is 0.597. The van der Waals surface area contributed by atoms with Gasteiger partial charge >= 0.3 is 0 Å². The van der Waals surface area contributed by atoms with Gasteiger partial charge in [-0.3, -0.25) is 9.59 Å². The number of likely N-dealkylation sites (N-methyl/N-ethyl adjacent to an activating group) is 1. The first kappa shape index (κ1) is 19.9. The molecule has 9 heteroatoms. The second kappa shape index (κ2) is 7.12. The van der Waals surface area contributed by atoms with Crippen LogP contribution in [0.2, 0.25) is 0 Å². The molecule has 2 atom stereocenters. The summed E-state index contributed by atoms with van der Waals surface area (Å²) < 4.78 is 54.8. The zero-order chi connectivity index (χ0) is 20.9. The van der Waals surface area contributed by atoms with Crippen LogP contribution in [0.1, 0.15) is 28.3 Å². The molecule has 1 fully saturated rings. The number of likely N-dealkylation sites (tertiary alicyclic amines) is 1. The van der Waals surface area contributed by atoms with Gasteiger partial charge in [-0.25, -0.2) is 17.6 Å². The number of rotatable bonds is 3. The number of anilines is 1. The predicted octanol–water partition coefficient (Wildman–Crippen LogP) is 3.96. The van der Waals surface area contributed by atoms with E-state index in [1.54, 1.807) is 12.4 Å². The summed E-state index contributed by atoms with van der Waals surface area (Å²) in [6.07, 6.45) is -0.428. The number of amides is 2. The third-order valence-electron chi connectivity index (χ3n) is 5.58. The van der Waals surface area contributed by atoms with Crippen molar-refractivity contribution >= 4 is 28.8 Å². The molecule has 2 aromatic rings. The highest BCUT2D eigenvalue weighted by atomic mass is 32.1. The molecule has 0 saturated carbocycles. The monoisotopic (exact) mass is 426 g/mol. The van der Waals surface area contributed by atoms with Gasteiger partial charge in [-0.2, -0.15) is 0 Å². The van der Waals surface area contributed by atoms with E-state index in [1.165, 1.54) is 28.4 Å². The minimum absolute atomic E-state index is 0.183. The summed E-state index contributed by atoms with van der Waals surface area (Å²) in [4.78, 5) is 27.5. The average Bonchev–Trinajstić information content (AvgIpc) is 3.18. The van der Waals surface area contributed by atoms with E-state index >= 15 is 0 Å². The molecule has 1 aliphatic carbocycles. The Morgan fingerprint density at radius 1 is 1.31 bits per heavy atom. The van der Waals surface area contributed by atoms with Gasteiger partial charge in [0.25, 0.3) is 5.92 Å². The Bertz CT molecular complexity index is 991. The maximum absolute atomic E-state index is 13.9. The van der Waals surface area contributed by atoms with Crippen molar-refractivity contribution in [3.8, 4) is 0 Å². The number of carbonyl (C=O) groups excluding carboxylic acids is 2. The lowest BCUT2D eigenvalue weighted by molar-refractivity contribution is -0.135. The van der Waals surface area contributed by atoms with Crippen LogP contribution in [0.5, 0.6) is 0 Å². The molecule has 2 aliphatic rings. The minimum Gasteiger partial charge on any atom is -0.344 e. The number of nitrogens with one attached hydrogen (secondary N) is 1. The molecule has 1 aliphatic heterocycles. The number of carbonyl (C=O) groups is 2. The Hall–Kier alpha value is -2.42. The van der Waals surface area contributed by atoms with Crippen molar-refractivity contribution < 1.29 is 27.2 Å². The molecular formula is C20H18F4N2O2S. The molecule has 0 radical (unpaired) electrons. The van der Waals surface area contributed by atoms with Crippen molar-refractivity contribution in [3.05, 3.63) is 51.2 Å². The number of fused-ring (bicyclic) bond motifs is 1. The Labute approximate surface area is 168 Å². The summed E-state index contributed by atoms with van der Waals surface area (Å²) in [6, 6.07) is 3.39. The van der Waals surface area contributed by atoms with E-state index in [2.05, 4.69) is 5.32 Å². The number of nitrogens with zero attached hydrogens (tertiary/aromatic N) is 1. The van der Waals surface area contributed by atoms with Crippen molar-refractivity contribution in [3.63, 3.8) is 0 Å². The molecule has 4 nitrogen and oxygen atoms in total. The maximum Gasteiger partial charge on any atom is 0.253 e. The van der Waals surface area contributed by atoms with Crippen LogP contribution in [0.4, 0.5) is 23.2 Å². The zero-order valence-electron chi connectivity index (χ0n) is 15.5. The molecule has 29 heavy (non-hydrogen) atoms. The Kier molecular flexibility index (Phi) is 4.88. The fraction of sp³-hybridized carbons (Fsp3) is 0.400. The lowest BCUT2D eigenvalue weighted by Crippen LogP contribution is -2.33. The molecule has 1 saturated heterocycles. The molecule has 4 rings (SSSR count). The smallest absolute Gasteiger partial charge is 0.253 e. The average molecular weight is 426 g/mol. The number of halogens is 4. The van der Waals surface area contributed by atoms with E-state index in [0.717, 1.165) is 17.2 Å². The molecule has 1 N–H and O–H groups in total. The molecule has 2 heterocycles. The van der Waals surface area contributed by atoms with E-state index in [-0.39, 0.29) is 31.5 Å². The van der Waals surface area contributed by atoms with Crippen molar-refractivity contribution in [1.29, 1.82) is 0 Å². The third-order valence-corrected chi connectivity index (χ3v) is 6.63. The van der Waals surface area contributed by atoms with Crippen LogP contribution in [-0.2, 0) is 22.4 Å². The number of hydrogen-bond donors (Lipinski definition) is 1. The predicted molar refractivity (Wildman–Crippen MR) is 100 cm³/mol. The van der Waals surface area contributed by atoms with E-state index < -0.39 is 41.2 Å². The van der Waals surface area contributed by atoms with Crippen LogP contribution in [0.25, 0.3) is 0 Å². The highest BCUT2D eigenvalue weighted by Gasteiger charge is 2.47. The van der Waals surface area contributed by atoms with E-state index in [9.17, 15) is 27.2 Å². The van der Waals surface area contributed by atoms with Crippen LogP contribution in [-0.4, -0.2) is 36.2 Å². The van der Waals surface area contributed by atoms with Gasteiger partial charge in [0, 0.05) is 37.2 Å². The Balaban J connectivity index is 1.64. The van der Waals surface area contributed by atoms with Crippen LogP contribution in [0.3, 0.4) is 0 Å². The highest BCUT2D eigenvalue weighted by molar-refractivity contribution is 7.10. The van der Waals surface area contributed by atoms with Crippen LogP contribution < -0.4 is 5.32 Å². The maximum atomic E-state index is 13.9. The summed E-state index contributed by atoms with van der Waals surface area (Å²) in [7, 11) is 1.55. The lowest BCUT2D eigenvalue weighted by Gasteiger charge is -2.24. The molecule has 154 valence electrons. The Morgan fingerprint density at radius 2 is 2.07 bits per heavy atom. The Morgan fingerprint density at radius 3 is 2.83 bits per heavy atom. The highest BCUT2D eigenvalue weighted by Crippen LogP contribution is 2.44. The van der Waals surface area contributed by atoms with Gasteiger partial charge in [0.2, 0.25) is 11.8 Å². The molecule has 1 aromatic heterocycles. The van der Waals surface area contributed by atoms with Gasteiger partial charge in [-0.05, 0) is 35.1 Å². The largest absolute Gasteiger partial charge is 0.344 e. The minimum atomic E-state index is -2.75. The normalized spacial score (nSPS) is 23.2. The van der Waals surface area contributed by atoms with E-state index in [1.807, 2.05) is 0 Å². The van der Waals surface area contributed by atoms with Gasteiger partial charge in [0.1, 0.15) is 5.92 Å². The topological polar surface area (TPSA) is 49.4 Å². The fourth-order valence-corrected chi connectivity index (χ4v) is 5.34. The van der Waals surface area contributed by atoms with Crippen molar-refractivity contribution in [2.75, 3.05) is 18.9 Å². The van der Waals surface area contributed by atoms with E-state index in [0.29, 0.717) is 4.88 Å². The van der Waals surface area contributed by atoms with Gasteiger partial charge in [0.05, 0.1) is 5.69 Å². The van der Waals surface area contributed by atoms with Gasteiger partial charge in [-0.15, -0.1) is 11.3 Å². The second-order valence-electron chi connectivity index (χ2n) is 7.52. The molecule has 0 spiro atoms. The van der Waals surface area contributed by atoms with E-state index in [4.69, 9.17) is 0 Å². The first-order chi connectivity index (χ1) is 13.7. The number of thiophene rings is 1. The SMILES string of the molecule is CN1C[C@H](c2csc3c2CCC(F)(F)C3)[C@@H](C(=O)Nc2cccc(F)c2F)C1=O. The summed E-state index contributed by atoms with van der Waals surface area (Å²) in [5, 5.41) is 4.05. The first-order valence-electron chi connectivity index (χ1n) is 9.15. The third kappa shape index (κ3) is 3.52. The summed E-state index contributed by atoms with van der Waals surface area (Å²) in [5.41, 5.74) is 1.16. The van der Waals surface area contributed by atoms with Crippen molar-refractivity contribution in [2.45, 2.75) is 31.1 Å². The second-order valence-corrected chi connectivity index (χ2v) is 8.48. The summed E-state index contributed by atoms with van der Waals surface area (Å²) >= 11 is 1.21. The molecule has 2 amide bonds. The van der Waals surface area contributed by atoms with Crippen molar-refractivity contribution in [2.24, 2.45) is 5.92 Å². The van der Waals surface area contributed by atoms with Crippen LogP contribution >= 0.6 is 11.3 Å². The molecule has 0 bridgehead atoms. The first-order valence-corrected chi connectivity index (χ1v) is 10.0. The van der Waals surface area contributed by atoms with Crippen LogP contribution in [0.15, 0.2) is 23.6 Å². The standard InChI is InChI=1S/C20H18F4N2O2S/c1-26-8-11(12-9-29-15-7-20(23,24)6-5-10(12)15)16(19(26)28)18(27)25-14-4-2-3-13(21)17(14)22/h2-4,9,11,16H,5-8H2,1H3,(H,25,27)/t11-,16+/m1/s1. The number of hydrogen-bond acceptors (Lipinski definition) is 3. The van der Waals surface area contributed by atoms with Gasteiger partial charge in [-0.1, -0.05) is 6.07 Å². The van der Waals surface area contributed by atoms with Gasteiger partial charge in [0.15, 0.2) is 11.6 Å². The lowest BCUT2D eigenvalue weighted by atomic mass is 9.83. The fourth-order valence-electron chi connectivity index (χ4n) is 4.10. The zero-order valence-corrected chi connectivity index (χ0v) is 16.3. The van der Waals surface area contributed by atoms with Crippen LogP contribution in [0, 0.1) is 17.6 Å².